The maximum atomic E-state index is 11.2. The third kappa shape index (κ3) is 5.64. The summed E-state index contributed by atoms with van der Waals surface area (Å²) in [6.07, 6.45) is 3.02. The molecule has 1 aromatic rings. The van der Waals surface area contributed by atoms with Gasteiger partial charge in [-0.2, -0.15) is 0 Å². The Hall–Kier alpha value is -1.18. The molecule has 0 atom stereocenters. The largest absolute Gasteiger partial charge is 0.351 e. The summed E-state index contributed by atoms with van der Waals surface area (Å²) in [5.41, 5.74) is 0. The highest BCUT2D eigenvalue weighted by Gasteiger charge is 2.02. The maximum Gasteiger partial charge on any atom is 0.244 e. The lowest BCUT2D eigenvalue weighted by molar-refractivity contribution is -0.116. The number of carbonyl (C=O) groups excluding carboxylic acids is 1. The van der Waals surface area contributed by atoms with Crippen LogP contribution in [0.25, 0.3) is 6.08 Å². The fourth-order valence-corrected chi connectivity index (χ4v) is 1.92. The van der Waals surface area contributed by atoms with Crippen LogP contribution in [0.4, 0.5) is 0 Å². The number of sulfonamides is 1. The second kappa shape index (κ2) is 5.78. The van der Waals surface area contributed by atoms with Crippen molar-refractivity contribution in [3.05, 3.63) is 28.5 Å². The van der Waals surface area contributed by atoms with Crippen LogP contribution in [0, 0.1) is 0 Å². The Balaban J connectivity index is 2.32. The zero-order valence-corrected chi connectivity index (χ0v) is 10.1. The molecule has 5 nitrogen and oxygen atoms in total. The Morgan fingerprint density at radius 1 is 1.56 bits per heavy atom. The van der Waals surface area contributed by atoms with Gasteiger partial charge < -0.3 is 5.32 Å². The van der Waals surface area contributed by atoms with Gasteiger partial charge in [0.15, 0.2) is 0 Å². The summed E-state index contributed by atoms with van der Waals surface area (Å²) >= 11 is 1.51. The molecule has 0 aliphatic carbocycles. The highest BCUT2D eigenvalue weighted by Crippen LogP contribution is 2.09. The summed E-state index contributed by atoms with van der Waals surface area (Å²) in [5.74, 6) is -0.594. The van der Waals surface area contributed by atoms with Crippen LogP contribution in [0.2, 0.25) is 0 Å². The van der Waals surface area contributed by atoms with Gasteiger partial charge in [-0.25, -0.2) is 13.6 Å². The van der Waals surface area contributed by atoms with Crippen molar-refractivity contribution >= 4 is 33.3 Å². The number of nitrogens with two attached hydrogens (primary N) is 1. The molecule has 0 aliphatic heterocycles. The molecule has 1 aromatic heterocycles. The molecule has 0 saturated heterocycles. The lowest BCUT2D eigenvalue weighted by Crippen LogP contribution is -2.30. The minimum absolute atomic E-state index is 0.0203. The first kappa shape index (κ1) is 12.9. The monoisotopic (exact) mass is 260 g/mol. The molecule has 3 N–H and O–H groups in total. The highest BCUT2D eigenvalue weighted by molar-refractivity contribution is 7.89. The van der Waals surface area contributed by atoms with Crippen LogP contribution in [0.15, 0.2) is 23.6 Å². The first-order chi connectivity index (χ1) is 7.47. The Morgan fingerprint density at radius 3 is 2.88 bits per heavy atom. The van der Waals surface area contributed by atoms with Crippen LogP contribution < -0.4 is 10.5 Å². The van der Waals surface area contributed by atoms with Crippen LogP contribution >= 0.6 is 11.3 Å². The van der Waals surface area contributed by atoms with Crippen LogP contribution in [0.1, 0.15) is 4.88 Å². The summed E-state index contributed by atoms with van der Waals surface area (Å²) in [7, 11) is -3.51. The summed E-state index contributed by atoms with van der Waals surface area (Å²) in [6, 6.07) is 3.75. The van der Waals surface area contributed by atoms with Crippen molar-refractivity contribution in [2.75, 3.05) is 12.3 Å². The number of thiophene rings is 1. The minimum Gasteiger partial charge on any atom is -0.351 e. The van der Waals surface area contributed by atoms with E-state index < -0.39 is 10.0 Å². The van der Waals surface area contributed by atoms with E-state index in [1.807, 2.05) is 17.5 Å². The molecule has 7 heteroatoms. The van der Waals surface area contributed by atoms with E-state index in [4.69, 9.17) is 5.14 Å². The fourth-order valence-electron chi connectivity index (χ4n) is 0.919. The topological polar surface area (TPSA) is 89.3 Å². The SMILES string of the molecule is NS(=O)(=O)CCNC(=O)/C=C/c1cccs1. The Kier molecular flexibility index (Phi) is 4.66. The molecule has 88 valence electrons. The summed E-state index contributed by atoms with van der Waals surface area (Å²) < 4.78 is 21.1. The van der Waals surface area contributed by atoms with Gasteiger partial charge in [-0.05, 0) is 17.5 Å². The molecule has 1 rings (SSSR count). The number of hydrogen-bond acceptors (Lipinski definition) is 4. The van der Waals surface area contributed by atoms with Crippen LogP contribution in [-0.2, 0) is 14.8 Å². The van der Waals surface area contributed by atoms with Gasteiger partial charge in [-0.3, -0.25) is 4.79 Å². The standard InChI is InChI=1S/C9H12N2O3S2/c10-16(13,14)7-5-11-9(12)4-3-8-2-1-6-15-8/h1-4,6H,5,7H2,(H,11,12)(H2,10,13,14)/b4-3+. The molecule has 1 amide bonds. The van der Waals surface area contributed by atoms with Gasteiger partial charge >= 0.3 is 0 Å². The number of primary sulfonamides is 1. The molecule has 0 aliphatic rings. The average molecular weight is 260 g/mol. The summed E-state index contributed by atoms with van der Waals surface area (Å²) in [4.78, 5) is 12.2. The molecule has 16 heavy (non-hydrogen) atoms. The molecule has 0 spiro atoms. The van der Waals surface area contributed by atoms with Crippen molar-refractivity contribution in [1.29, 1.82) is 0 Å². The van der Waals surface area contributed by atoms with Gasteiger partial charge in [0.2, 0.25) is 15.9 Å². The van der Waals surface area contributed by atoms with E-state index in [1.54, 1.807) is 6.08 Å². The molecule has 0 unspecified atom stereocenters. The molecule has 0 aromatic carbocycles. The van der Waals surface area contributed by atoms with Crippen molar-refractivity contribution in [3.63, 3.8) is 0 Å². The summed E-state index contributed by atoms with van der Waals surface area (Å²) in [5, 5.41) is 9.10. The predicted molar refractivity (Wildman–Crippen MR) is 64.3 cm³/mol. The van der Waals surface area contributed by atoms with Crippen LogP contribution in [-0.4, -0.2) is 26.6 Å². The molecule has 0 saturated carbocycles. The Morgan fingerprint density at radius 2 is 2.31 bits per heavy atom. The van der Waals surface area contributed by atoms with E-state index in [0.29, 0.717) is 0 Å². The van der Waals surface area contributed by atoms with Crippen molar-refractivity contribution in [1.82, 2.24) is 5.32 Å². The van der Waals surface area contributed by atoms with Crippen molar-refractivity contribution in [2.24, 2.45) is 5.14 Å². The van der Waals surface area contributed by atoms with E-state index in [2.05, 4.69) is 5.32 Å². The average Bonchev–Trinajstić information content (AvgIpc) is 2.65. The number of rotatable bonds is 5. The molecule has 0 bridgehead atoms. The number of nitrogens with one attached hydrogen (secondary N) is 1. The second-order valence-electron chi connectivity index (χ2n) is 3.01. The molecule has 0 fully saturated rings. The molecule has 0 radical (unpaired) electrons. The summed E-state index contributed by atoms with van der Waals surface area (Å²) in [6.45, 7) is 0.0203. The maximum absolute atomic E-state index is 11.2. The zero-order chi connectivity index (χ0) is 12.0. The van der Waals surface area contributed by atoms with E-state index in [1.165, 1.54) is 17.4 Å². The zero-order valence-electron chi connectivity index (χ0n) is 8.42. The quantitative estimate of drug-likeness (QED) is 0.739. The van der Waals surface area contributed by atoms with Gasteiger partial charge in [0.25, 0.3) is 0 Å². The lowest BCUT2D eigenvalue weighted by Gasteiger charge is -1.99. The number of carbonyl (C=O) groups is 1. The number of hydrogen-bond donors (Lipinski definition) is 2. The molecular weight excluding hydrogens is 248 g/mol. The predicted octanol–water partition coefficient (Wildman–Crippen LogP) is 0.166. The highest BCUT2D eigenvalue weighted by atomic mass is 32.2. The minimum atomic E-state index is -3.51. The van der Waals surface area contributed by atoms with Gasteiger partial charge in [0, 0.05) is 17.5 Å². The van der Waals surface area contributed by atoms with Crippen LogP contribution in [0.3, 0.4) is 0 Å². The Bertz CT molecular complexity index is 463. The second-order valence-corrected chi connectivity index (χ2v) is 5.72. The first-order valence-corrected chi connectivity index (χ1v) is 7.07. The van der Waals surface area contributed by atoms with E-state index in [9.17, 15) is 13.2 Å². The van der Waals surface area contributed by atoms with E-state index in [0.717, 1.165) is 4.88 Å². The third-order valence-corrected chi connectivity index (χ3v) is 3.24. The fraction of sp³-hybridized carbons (Fsp3) is 0.222. The van der Waals surface area contributed by atoms with Gasteiger partial charge in [0.05, 0.1) is 5.75 Å². The lowest BCUT2D eigenvalue weighted by atomic mass is 10.4. The molecular formula is C9H12N2O3S2. The molecule has 1 heterocycles. The normalized spacial score (nSPS) is 11.8. The Labute approximate surface area is 98.0 Å². The van der Waals surface area contributed by atoms with E-state index >= 15 is 0 Å². The van der Waals surface area contributed by atoms with Gasteiger partial charge in [-0.1, -0.05) is 6.07 Å². The van der Waals surface area contributed by atoms with Crippen molar-refractivity contribution in [3.8, 4) is 0 Å². The van der Waals surface area contributed by atoms with Gasteiger partial charge in [-0.15, -0.1) is 11.3 Å². The number of amides is 1. The first-order valence-electron chi connectivity index (χ1n) is 4.47. The van der Waals surface area contributed by atoms with Gasteiger partial charge in [0.1, 0.15) is 0 Å². The smallest absolute Gasteiger partial charge is 0.244 e. The van der Waals surface area contributed by atoms with E-state index in [-0.39, 0.29) is 18.2 Å². The third-order valence-electron chi connectivity index (χ3n) is 1.63. The van der Waals surface area contributed by atoms with Crippen molar-refractivity contribution < 1.29 is 13.2 Å². The van der Waals surface area contributed by atoms with Crippen molar-refractivity contribution in [2.45, 2.75) is 0 Å². The van der Waals surface area contributed by atoms with Crippen LogP contribution in [0.5, 0.6) is 0 Å².